The smallest absolute Gasteiger partial charge is 0.166 e. The van der Waals surface area contributed by atoms with Crippen LogP contribution in [0.5, 0.6) is 0 Å². The van der Waals surface area contributed by atoms with Crippen molar-refractivity contribution in [3.8, 4) is 0 Å². The second-order valence-electron chi connectivity index (χ2n) is 6.42. The lowest BCUT2D eigenvalue weighted by molar-refractivity contribution is 0.267. The van der Waals surface area contributed by atoms with Crippen LogP contribution in [-0.4, -0.2) is 35.7 Å². The van der Waals surface area contributed by atoms with E-state index in [1.165, 1.54) is 49.8 Å². The van der Waals surface area contributed by atoms with E-state index in [0.717, 1.165) is 18.2 Å². The minimum Gasteiger partial charge on any atom is -0.361 e. The molecule has 3 rings (SSSR count). The molecule has 1 fully saturated rings. The molecule has 120 valence electrons. The molecule has 1 aliphatic carbocycles. The van der Waals surface area contributed by atoms with Crippen molar-refractivity contribution in [3.63, 3.8) is 0 Å². The third-order valence-electron chi connectivity index (χ3n) is 5.08. The van der Waals surface area contributed by atoms with Crippen molar-refractivity contribution in [1.82, 2.24) is 15.5 Å². The lowest BCUT2D eigenvalue weighted by Crippen LogP contribution is -2.45. The number of fused-ring (bicyclic) bond motifs is 1. The van der Waals surface area contributed by atoms with Crippen molar-refractivity contribution in [2.24, 2.45) is 0 Å². The molecule has 1 aliphatic heterocycles. The number of hydrogen-bond donors (Lipinski definition) is 2. The summed E-state index contributed by atoms with van der Waals surface area (Å²) in [6, 6.07) is 9.77. The fraction of sp³-hybridized carbons (Fsp3) is 0.611. The largest absolute Gasteiger partial charge is 0.361 e. The highest BCUT2D eigenvalue weighted by Gasteiger charge is 2.24. The van der Waals surface area contributed by atoms with E-state index in [1.54, 1.807) is 0 Å². The van der Waals surface area contributed by atoms with Crippen molar-refractivity contribution in [2.45, 2.75) is 51.1 Å². The molecule has 2 aliphatic rings. The first-order valence-corrected chi connectivity index (χ1v) is 9.05. The van der Waals surface area contributed by atoms with Gasteiger partial charge in [-0.15, -0.1) is 0 Å². The highest BCUT2D eigenvalue weighted by atomic mass is 32.1. The van der Waals surface area contributed by atoms with Gasteiger partial charge >= 0.3 is 0 Å². The molecule has 22 heavy (non-hydrogen) atoms. The first-order chi connectivity index (χ1) is 10.8. The number of nitrogens with one attached hydrogen (secondary N) is 2. The van der Waals surface area contributed by atoms with Crippen LogP contribution in [0.15, 0.2) is 24.3 Å². The zero-order valence-corrected chi connectivity index (χ0v) is 14.3. The Morgan fingerprint density at radius 3 is 3.00 bits per heavy atom. The minimum absolute atomic E-state index is 0.371. The predicted molar refractivity (Wildman–Crippen MR) is 96.1 cm³/mol. The molecule has 0 aromatic heterocycles. The van der Waals surface area contributed by atoms with E-state index < -0.39 is 0 Å². The molecule has 0 amide bonds. The first-order valence-electron chi connectivity index (χ1n) is 8.64. The number of aryl methyl sites for hydroxylation is 1. The van der Waals surface area contributed by atoms with Crippen molar-refractivity contribution in [3.05, 3.63) is 35.4 Å². The topological polar surface area (TPSA) is 27.3 Å². The molecule has 0 radical (unpaired) electrons. The minimum atomic E-state index is 0.371. The highest BCUT2D eigenvalue weighted by Crippen LogP contribution is 2.29. The van der Waals surface area contributed by atoms with Gasteiger partial charge in [-0.2, -0.15) is 0 Å². The average Bonchev–Trinajstić information content (AvgIpc) is 3.01. The molecular weight excluding hydrogens is 290 g/mol. The number of rotatable bonds is 4. The van der Waals surface area contributed by atoms with Crippen LogP contribution >= 0.6 is 12.2 Å². The first kappa shape index (κ1) is 15.8. The Morgan fingerprint density at radius 1 is 1.27 bits per heavy atom. The van der Waals surface area contributed by atoms with Crippen LogP contribution in [0.4, 0.5) is 0 Å². The van der Waals surface area contributed by atoms with Crippen molar-refractivity contribution < 1.29 is 0 Å². The van der Waals surface area contributed by atoms with Gasteiger partial charge < -0.3 is 10.6 Å². The van der Waals surface area contributed by atoms with Gasteiger partial charge in [0.1, 0.15) is 0 Å². The summed E-state index contributed by atoms with van der Waals surface area (Å²) >= 11 is 5.53. The van der Waals surface area contributed by atoms with Crippen LogP contribution in [0.2, 0.25) is 0 Å². The van der Waals surface area contributed by atoms with Gasteiger partial charge in [-0.3, -0.25) is 4.90 Å². The Labute approximate surface area is 139 Å². The molecule has 0 bridgehead atoms. The van der Waals surface area contributed by atoms with Gasteiger partial charge in [0, 0.05) is 12.6 Å². The Morgan fingerprint density at radius 2 is 2.14 bits per heavy atom. The standard InChI is InChI=1S/C18H27N3S/c1-2-21-12-6-9-15(21)13-19-18(22)20-17-11-5-8-14-7-3-4-10-16(14)17/h3-4,7,10,15,17H,2,5-6,8-9,11-13H2,1H3,(H2,19,20,22)/t15-,17-/m1/s1. The number of likely N-dealkylation sites (tertiary alicyclic amines) is 1. The molecule has 4 heteroatoms. The molecule has 1 aromatic carbocycles. The van der Waals surface area contributed by atoms with Gasteiger partial charge in [0.15, 0.2) is 5.11 Å². The van der Waals surface area contributed by atoms with Gasteiger partial charge in [-0.25, -0.2) is 0 Å². The van der Waals surface area contributed by atoms with Crippen LogP contribution in [-0.2, 0) is 6.42 Å². The van der Waals surface area contributed by atoms with Gasteiger partial charge in [0.2, 0.25) is 0 Å². The quantitative estimate of drug-likeness (QED) is 0.835. The van der Waals surface area contributed by atoms with Gasteiger partial charge in [0.25, 0.3) is 0 Å². The van der Waals surface area contributed by atoms with Gasteiger partial charge in [-0.05, 0) is 68.5 Å². The van der Waals surface area contributed by atoms with Crippen molar-refractivity contribution >= 4 is 17.3 Å². The summed E-state index contributed by atoms with van der Waals surface area (Å²) in [6.07, 6.45) is 6.21. The van der Waals surface area contributed by atoms with E-state index in [-0.39, 0.29) is 0 Å². The normalized spacial score (nSPS) is 24.8. The number of thiocarbonyl (C=S) groups is 1. The van der Waals surface area contributed by atoms with E-state index in [9.17, 15) is 0 Å². The maximum Gasteiger partial charge on any atom is 0.166 e. The Kier molecular flexibility index (Phi) is 5.32. The van der Waals surface area contributed by atoms with Gasteiger partial charge in [-0.1, -0.05) is 31.2 Å². The van der Waals surface area contributed by atoms with E-state index in [2.05, 4.69) is 46.7 Å². The monoisotopic (exact) mass is 317 g/mol. The second kappa shape index (κ2) is 7.42. The number of nitrogens with zero attached hydrogens (tertiary/aromatic N) is 1. The molecule has 0 unspecified atom stereocenters. The van der Waals surface area contributed by atoms with Crippen LogP contribution in [0.3, 0.4) is 0 Å². The van der Waals surface area contributed by atoms with Crippen LogP contribution in [0, 0.1) is 0 Å². The van der Waals surface area contributed by atoms with Crippen LogP contribution in [0.1, 0.15) is 49.8 Å². The van der Waals surface area contributed by atoms with E-state index in [4.69, 9.17) is 12.2 Å². The van der Waals surface area contributed by atoms with E-state index in [0.29, 0.717) is 12.1 Å². The fourth-order valence-electron chi connectivity index (χ4n) is 3.87. The van der Waals surface area contributed by atoms with Crippen molar-refractivity contribution in [2.75, 3.05) is 19.6 Å². The Hall–Kier alpha value is -1.13. The van der Waals surface area contributed by atoms with E-state index in [1.807, 2.05) is 0 Å². The zero-order chi connectivity index (χ0) is 15.4. The third kappa shape index (κ3) is 3.61. The molecular formula is C18H27N3S. The molecule has 1 saturated heterocycles. The predicted octanol–water partition coefficient (Wildman–Crippen LogP) is 3.01. The maximum absolute atomic E-state index is 5.53. The second-order valence-corrected chi connectivity index (χ2v) is 6.83. The molecule has 1 heterocycles. The van der Waals surface area contributed by atoms with Crippen molar-refractivity contribution in [1.29, 1.82) is 0 Å². The SMILES string of the molecule is CCN1CCC[C@@H]1CNC(=S)N[C@@H]1CCCc2ccccc21. The Bertz CT molecular complexity index is 517. The highest BCUT2D eigenvalue weighted by molar-refractivity contribution is 7.80. The molecule has 2 atom stereocenters. The molecule has 2 N–H and O–H groups in total. The van der Waals surface area contributed by atoms with E-state index >= 15 is 0 Å². The fourth-order valence-corrected chi connectivity index (χ4v) is 4.09. The molecule has 0 saturated carbocycles. The molecule has 1 aromatic rings. The van der Waals surface area contributed by atoms with Gasteiger partial charge in [0.05, 0.1) is 6.04 Å². The summed E-state index contributed by atoms with van der Waals surface area (Å²) in [5.41, 5.74) is 2.90. The number of likely N-dealkylation sites (N-methyl/N-ethyl adjacent to an activating group) is 1. The zero-order valence-electron chi connectivity index (χ0n) is 13.5. The summed E-state index contributed by atoms with van der Waals surface area (Å²) in [5, 5.41) is 7.79. The lowest BCUT2D eigenvalue weighted by atomic mass is 9.88. The summed E-state index contributed by atoms with van der Waals surface area (Å²) < 4.78 is 0. The Balaban J connectivity index is 1.52. The lowest BCUT2D eigenvalue weighted by Gasteiger charge is -2.29. The summed E-state index contributed by atoms with van der Waals surface area (Å²) in [5.74, 6) is 0. The third-order valence-corrected chi connectivity index (χ3v) is 5.34. The molecule has 0 spiro atoms. The summed E-state index contributed by atoms with van der Waals surface area (Å²) in [6.45, 7) is 5.59. The average molecular weight is 318 g/mol. The maximum atomic E-state index is 5.53. The molecule has 3 nitrogen and oxygen atoms in total. The summed E-state index contributed by atoms with van der Waals surface area (Å²) in [7, 11) is 0. The number of benzene rings is 1. The summed E-state index contributed by atoms with van der Waals surface area (Å²) in [4.78, 5) is 2.55. The van der Waals surface area contributed by atoms with Crippen LogP contribution in [0.25, 0.3) is 0 Å². The number of hydrogen-bond acceptors (Lipinski definition) is 2. The van der Waals surface area contributed by atoms with Crippen LogP contribution < -0.4 is 10.6 Å².